The zero-order chi connectivity index (χ0) is 24.1. The second-order valence-corrected chi connectivity index (χ2v) is 7.27. The van der Waals surface area contributed by atoms with E-state index in [1.54, 1.807) is 0 Å². The largest absolute Gasteiger partial charge is 1.00 e. The molecule has 0 radical (unpaired) electrons. The molecule has 0 amide bonds. The van der Waals surface area contributed by atoms with E-state index in [9.17, 15) is 23.9 Å². The number of carbonyl (C=O) groups excluding carboxylic acids is 2. The van der Waals surface area contributed by atoms with Gasteiger partial charge in [-0.05, 0) is 53.8 Å². The quantitative estimate of drug-likeness (QED) is 0.0645. The van der Waals surface area contributed by atoms with Gasteiger partial charge in [-0.15, -0.1) is 6.42 Å². The van der Waals surface area contributed by atoms with Crippen molar-refractivity contribution in [2.45, 2.75) is 58.0 Å². The Morgan fingerprint density at radius 3 is 2.03 bits per heavy atom. The third kappa shape index (κ3) is 30.8. The molecular weight excluding hydrogens is 495 g/mol. The van der Waals surface area contributed by atoms with E-state index in [-0.39, 0.29) is 84.5 Å². The molecule has 9 nitrogen and oxygen atoms in total. The van der Waals surface area contributed by atoms with Crippen LogP contribution in [0.5, 0.6) is 0 Å². The van der Waals surface area contributed by atoms with Gasteiger partial charge in [-0.25, -0.2) is 4.79 Å². The Balaban J connectivity index is -0.0000000728. The fourth-order valence-electron chi connectivity index (χ4n) is 2.06. The number of esters is 2. The molecule has 0 heterocycles. The standard InChI is InChI=1S/C23H25O8P.H3N.2Na.9H2/c1-3-5-7-9-11-12-14-15-17-22(24)29-19-21(20-30-32(26,27)28)31-23(25)18-16-13-10-8-6-4-2;;;;;;;;;;;;/h1,21H,4,6,8,10,13,16,18-20H2,2H3,(H2,26,27,28);1H3;;;9*1H/q;;2*+1;;;;;;;;;/p-2/t21-;;;;;;;;;;;;/m1............/s1. The summed E-state index contributed by atoms with van der Waals surface area (Å²) in [6.45, 7) is 0.772. The van der Waals surface area contributed by atoms with Gasteiger partial charge in [0.15, 0.2) is 6.10 Å². The Kier molecular flexibility index (Phi) is 32.1. The van der Waals surface area contributed by atoms with E-state index in [1.807, 2.05) is 5.92 Å². The molecule has 0 aromatic carbocycles. The van der Waals surface area contributed by atoms with E-state index in [0.717, 1.165) is 32.1 Å². The van der Waals surface area contributed by atoms with Gasteiger partial charge in [-0.1, -0.05) is 39.0 Å². The van der Waals surface area contributed by atoms with Crippen LogP contribution in [0.25, 0.3) is 0 Å². The molecule has 0 bridgehead atoms. The molecule has 3 N–H and O–H groups in total. The van der Waals surface area contributed by atoms with Crippen LogP contribution in [0.3, 0.4) is 0 Å². The molecule has 0 aromatic heterocycles. The van der Waals surface area contributed by atoms with Crippen molar-refractivity contribution >= 4 is 19.8 Å². The van der Waals surface area contributed by atoms with Crippen LogP contribution >= 0.6 is 7.82 Å². The summed E-state index contributed by atoms with van der Waals surface area (Å²) in [5.41, 5.74) is 0. The zero-order valence-corrected chi connectivity index (χ0v) is 25.3. The second-order valence-electron chi connectivity index (χ2n) is 6.12. The molecule has 0 aliphatic carbocycles. The van der Waals surface area contributed by atoms with Crippen molar-refractivity contribution in [3.05, 3.63) is 0 Å². The second kappa shape index (κ2) is 27.4. The fraction of sp³-hybridized carbons (Fsp3) is 0.478. The normalized spacial score (nSPS) is 9.31. The summed E-state index contributed by atoms with van der Waals surface area (Å²) < 4.78 is 24.6. The van der Waals surface area contributed by atoms with Gasteiger partial charge >= 0.3 is 71.1 Å². The first-order valence-electron chi connectivity index (χ1n) is 9.78. The van der Waals surface area contributed by atoms with Gasteiger partial charge < -0.3 is 34.5 Å². The minimum absolute atomic E-state index is 0. The van der Waals surface area contributed by atoms with Crippen LogP contribution < -0.4 is 75.1 Å². The van der Waals surface area contributed by atoms with Crippen molar-refractivity contribution in [2.75, 3.05) is 13.2 Å². The summed E-state index contributed by atoms with van der Waals surface area (Å²) in [4.78, 5) is 44.9. The maximum atomic E-state index is 11.9. The number of phosphoric ester groups is 1. The van der Waals surface area contributed by atoms with Gasteiger partial charge in [0, 0.05) is 25.2 Å². The monoisotopic (exact) mass is 539 g/mol. The Morgan fingerprint density at radius 1 is 0.914 bits per heavy atom. The Hall–Kier alpha value is -1.19. The predicted molar refractivity (Wildman–Crippen MR) is 136 cm³/mol. The van der Waals surface area contributed by atoms with Crippen LogP contribution in [-0.2, 0) is 28.2 Å². The topological polar surface area (TPSA) is 160 Å². The molecule has 0 fully saturated rings. The molecule has 0 saturated heterocycles. The van der Waals surface area contributed by atoms with Crippen molar-refractivity contribution in [3.8, 4) is 59.7 Å². The average Bonchev–Trinajstić information content (AvgIpc) is 2.73. The molecule has 35 heavy (non-hydrogen) atoms. The summed E-state index contributed by atoms with van der Waals surface area (Å²) in [5, 5.41) is 0. The van der Waals surface area contributed by atoms with Crippen LogP contribution in [0.15, 0.2) is 0 Å². The van der Waals surface area contributed by atoms with E-state index in [2.05, 4.69) is 58.8 Å². The average molecular weight is 540 g/mol. The van der Waals surface area contributed by atoms with E-state index >= 15 is 0 Å². The van der Waals surface area contributed by atoms with E-state index in [1.165, 1.54) is 0 Å². The molecule has 0 spiro atoms. The number of rotatable bonds is 13. The summed E-state index contributed by atoms with van der Waals surface area (Å²) in [6.07, 6.45) is 9.48. The Labute approximate surface area is 265 Å². The van der Waals surface area contributed by atoms with Crippen LogP contribution in [0.4, 0.5) is 0 Å². The van der Waals surface area contributed by atoms with Crippen LogP contribution in [0, 0.1) is 59.7 Å². The summed E-state index contributed by atoms with van der Waals surface area (Å²) in [5.74, 6) is 18.5. The van der Waals surface area contributed by atoms with Crippen LogP contribution in [-0.4, -0.2) is 31.3 Å². The summed E-state index contributed by atoms with van der Waals surface area (Å²) in [6, 6.07) is 0. The van der Waals surface area contributed by atoms with E-state index in [4.69, 9.17) is 15.9 Å². The number of carbonyl (C=O) groups is 2. The Bertz CT molecular complexity index is 991. The van der Waals surface area contributed by atoms with Gasteiger partial charge in [0.05, 0.1) is 14.4 Å². The van der Waals surface area contributed by atoms with Crippen molar-refractivity contribution in [1.29, 1.82) is 0 Å². The number of hydrogen-bond acceptors (Lipinski definition) is 9. The SMILES string of the molecule is C#CC#CC#CC#CC#CC(=O)OC[C@H](COP(=O)([O-])[O-])OC(=O)CCCCCCCC.N.[HH].[HH].[HH].[HH].[HH].[HH].[HH].[HH].[HH].[Na+].[Na+]. The maximum absolute atomic E-state index is 11.9. The summed E-state index contributed by atoms with van der Waals surface area (Å²) in [7, 11) is -5.29. The molecule has 0 unspecified atom stereocenters. The molecular formula is C23H44NNa2O8P. The first-order valence-corrected chi connectivity index (χ1v) is 11.2. The first-order chi connectivity index (χ1) is 15.3. The van der Waals surface area contributed by atoms with Crippen molar-refractivity contribution in [3.63, 3.8) is 0 Å². The molecule has 12 heteroatoms. The molecule has 1 atom stereocenters. The number of terminal acetylenes is 1. The molecule has 0 aliphatic heterocycles. The van der Waals surface area contributed by atoms with Crippen molar-refractivity contribution < 1.29 is 110 Å². The van der Waals surface area contributed by atoms with Crippen LogP contribution in [0.2, 0.25) is 0 Å². The maximum Gasteiger partial charge on any atom is 1.00 e. The first kappa shape index (κ1) is 41.0. The van der Waals surface area contributed by atoms with Gasteiger partial charge in [0.1, 0.15) is 6.61 Å². The zero-order valence-electron chi connectivity index (χ0n) is 20.4. The van der Waals surface area contributed by atoms with Gasteiger partial charge in [-0.3, -0.25) is 4.79 Å². The smallest absolute Gasteiger partial charge is 0.790 e. The number of ether oxygens (including phenoxy) is 2. The summed E-state index contributed by atoms with van der Waals surface area (Å²) >= 11 is 0. The number of unbranched alkanes of at least 4 members (excludes halogenated alkanes) is 5. The molecule has 0 aliphatic rings. The minimum Gasteiger partial charge on any atom is -0.790 e. The van der Waals surface area contributed by atoms with Gasteiger partial charge in [0.2, 0.25) is 0 Å². The predicted octanol–water partition coefficient (Wildman–Crippen LogP) is -2.93. The van der Waals surface area contributed by atoms with Gasteiger partial charge in [-0.2, -0.15) is 0 Å². The molecule has 196 valence electrons. The third-order valence-corrected chi connectivity index (χ3v) is 3.93. The number of phosphoric acid groups is 1. The van der Waals surface area contributed by atoms with Gasteiger partial charge in [0.25, 0.3) is 0 Å². The fourth-order valence-corrected chi connectivity index (χ4v) is 2.41. The van der Waals surface area contributed by atoms with Crippen molar-refractivity contribution in [2.24, 2.45) is 0 Å². The Morgan fingerprint density at radius 2 is 1.46 bits per heavy atom. The molecule has 0 aromatic rings. The van der Waals surface area contributed by atoms with Crippen molar-refractivity contribution in [1.82, 2.24) is 6.15 Å². The molecule has 0 rings (SSSR count). The van der Waals surface area contributed by atoms with E-state index in [0.29, 0.717) is 6.42 Å². The molecule has 0 saturated carbocycles. The van der Waals surface area contributed by atoms with E-state index < -0.39 is 39.1 Å². The number of hydrogen-bond donors (Lipinski definition) is 1. The third-order valence-electron chi connectivity index (χ3n) is 3.46. The minimum atomic E-state index is -5.29. The van der Waals surface area contributed by atoms with Crippen LogP contribution in [0.1, 0.15) is 64.7 Å².